The fourth-order valence-corrected chi connectivity index (χ4v) is 6.84. The standard InChI is InChI=1S/C22H24BrClN2O6/c1-3-7-25(16-11(2)5-4-6-13(16)24)20(29)18-22-10-12(23)17(32-22)14(21(30)31)15(22)19(28)26(18)8-9-27/h3-6,12,14-15,17-18,27H,1,7-10H2,2H3,(H,30,31)/t12?,14-,15-,17-,18?,22?/m0/s1. The van der Waals surface area contributed by atoms with Gasteiger partial charge in [0.15, 0.2) is 0 Å². The molecule has 1 spiro atoms. The number of carbonyl (C=O) groups is 3. The second kappa shape index (κ2) is 8.44. The zero-order valence-corrected chi connectivity index (χ0v) is 19.8. The van der Waals surface area contributed by atoms with Crippen LogP contribution in [0.1, 0.15) is 12.0 Å². The minimum atomic E-state index is -1.31. The molecule has 3 heterocycles. The number of halogens is 2. The largest absolute Gasteiger partial charge is 0.481 e. The predicted molar refractivity (Wildman–Crippen MR) is 121 cm³/mol. The summed E-state index contributed by atoms with van der Waals surface area (Å²) in [7, 11) is 0. The zero-order valence-electron chi connectivity index (χ0n) is 17.4. The number of alkyl halides is 1. The summed E-state index contributed by atoms with van der Waals surface area (Å²) in [5, 5.41) is 19.8. The first-order valence-electron chi connectivity index (χ1n) is 10.3. The van der Waals surface area contributed by atoms with E-state index >= 15 is 0 Å². The number of aliphatic carboxylic acids is 1. The van der Waals surface area contributed by atoms with E-state index in [1.807, 2.05) is 13.0 Å². The average Bonchev–Trinajstić information content (AvgIpc) is 3.31. The van der Waals surface area contributed by atoms with Crippen LogP contribution in [0, 0.1) is 18.8 Å². The summed E-state index contributed by atoms with van der Waals surface area (Å²) in [5.41, 5.74) is -0.0500. The number of β-amino-alcohol motifs (C(OH)–C–C–N with tert-alkyl or cyclic N) is 1. The molecule has 3 unspecified atom stereocenters. The first-order chi connectivity index (χ1) is 15.2. The van der Waals surface area contributed by atoms with E-state index in [-0.39, 0.29) is 24.5 Å². The van der Waals surface area contributed by atoms with Gasteiger partial charge in [0.2, 0.25) is 5.91 Å². The summed E-state index contributed by atoms with van der Waals surface area (Å²) in [4.78, 5) is 41.9. The summed E-state index contributed by atoms with van der Waals surface area (Å²) in [6, 6.07) is 4.17. The highest BCUT2D eigenvalue weighted by Gasteiger charge is 2.76. The number of ether oxygens (including phenoxy) is 1. The molecule has 0 aliphatic carbocycles. The number of aryl methyl sites for hydroxylation is 1. The van der Waals surface area contributed by atoms with Gasteiger partial charge in [-0.1, -0.05) is 45.7 Å². The van der Waals surface area contributed by atoms with Crippen LogP contribution in [0.4, 0.5) is 5.69 Å². The number of carbonyl (C=O) groups excluding carboxylic acids is 2. The Kier molecular flexibility index (Phi) is 6.13. The van der Waals surface area contributed by atoms with Gasteiger partial charge in [0.25, 0.3) is 5.91 Å². The Morgan fingerprint density at radius 2 is 2.19 bits per heavy atom. The molecule has 3 aliphatic rings. The number of para-hydroxylation sites is 1. The quantitative estimate of drug-likeness (QED) is 0.415. The fraction of sp³-hybridized carbons (Fsp3) is 0.500. The third-order valence-corrected chi connectivity index (χ3v) is 7.84. The molecule has 3 aliphatic heterocycles. The molecule has 10 heteroatoms. The summed E-state index contributed by atoms with van der Waals surface area (Å²) in [6.45, 7) is 5.23. The molecule has 4 rings (SSSR count). The van der Waals surface area contributed by atoms with Crippen molar-refractivity contribution in [2.45, 2.75) is 35.9 Å². The van der Waals surface area contributed by atoms with Gasteiger partial charge in [0.1, 0.15) is 11.6 Å². The van der Waals surface area contributed by atoms with Crippen LogP contribution in [0.25, 0.3) is 0 Å². The molecular weight excluding hydrogens is 504 g/mol. The Balaban J connectivity index is 1.84. The summed E-state index contributed by atoms with van der Waals surface area (Å²) >= 11 is 9.94. The van der Waals surface area contributed by atoms with E-state index < -0.39 is 47.4 Å². The molecule has 0 radical (unpaired) electrons. The van der Waals surface area contributed by atoms with Crippen molar-refractivity contribution in [2.24, 2.45) is 11.8 Å². The van der Waals surface area contributed by atoms with Gasteiger partial charge in [0, 0.05) is 17.9 Å². The number of carboxylic acid groups (broad SMARTS) is 1. The number of aliphatic hydroxyl groups is 1. The number of anilines is 1. The van der Waals surface area contributed by atoms with Crippen LogP contribution in [0.3, 0.4) is 0 Å². The number of aliphatic hydroxyl groups excluding tert-OH is 1. The molecule has 3 saturated heterocycles. The molecule has 3 fully saturated rings. The Morgan fingerprint density at radius 1 is 1.47 bits per heavy atom. The highest BCUT2D eigenvalue weighted by atomic mass is 79.9. The number of likely N-dealkylation sites (tertiary alicyclic amines) is 1. The number of hydrogen-bond acceptors (Lipinski definition) is 5. The van der Waals surface area contributed by atoms with Crippen LogP contribution in [0.2, 0.25) is 5.02 Å². The van der Waals surface area contributed by atoms with E-state index in [0.717, 1.165) is 5.56 Å². The fourth-order valence-electron chi connectivity index (χ4n) is 5.57. The topological polar surface area (TPSA) is 107 Å². The highest BCUT2D eigenvalue weighted by molar-refractivity contribution is 9.09. The second-order valence-electron chi connectivity index (χ2n) is 8.40. The lowest BCUT2D eigenvalue weighted by molar-refractivity contribution is -0.149. The Bertz CT molecular complexity index is 969. The monoisotopic (exact) mass is 526 g/mol. The van der Waals surface area contributed by atoms with Crippen LogP contribution in [-0.4, -0.2) is 75.2 Å². The van der Waals surface area contributed by atoms with Gasteiger partial charge < -0.3 is 24.7 Å². The van der Waals surface area contributed by atoms with Gasteiger partial charge in [-0.3, -0.25) is 14.4 Å². The number of fused-ring (bicyclic) bond motifs is 1. The molecule has 2 bridgehead atoms. The molecule has 0 saturated carbocycles. The van der Waals surface area contributed by atoms with Crippen molar-refractivity contribution in [3.05, 3.63) is 41.4 Å². The van der Waals surface area contributed by atoms with E-state index in [1.165, 1.54) is 9.80 Å². The van der Waals surface area contributed by atoms with Gasteiger partial charge in [-0.2, -0.15) is 0 Å². The predicted octanol–water partition coefficient (Wildman–Crippen LogP) is 1.99. The Labute approximate surface area is 198 Å². The molecule has 32 heavy (non-hydrogen) atoms. The summed E-state index contributed by atoms with van der Waals surface area (Å²) in [6.07, 6.45) is 1.14. The average molecular weight is 528 g/mol. The number of carboxylic acids is 1. The lowest BCUT2D eigenvalue weighted by atomic mass is 9.70. The first-order valence-corrected chi connectivity index (χ1v) is 11.6. The number of rotatable bonds is 7. The normalized spacial score (nSPS) is 32.8. The van der Waals surface area contributed by atoms with Gasteiger partial charge in [0.05, 0.1) is 35.3 Å². The van der Waals surface area contributed by atoms with Crippen molar-refractivity contribution < 1.29 is 29.3 Å². The smallest absolute Gasteiger partial charge is 0.310 e. The number of nitrogens with zero attached hydrogens (tertiary/aromatic N) is 2. The SMILES string of the molecule is C=CCN(C(=O)C1N(CCO)C(=O)[C@@H]2[C@H](C(=O)O)[C@H]3OC12CC3Br)c1c(C)cccc1Cl. The van der Waals surface area contributed by atoms with Crippen LogP contribution in [0.5, 0.6) is 0 Å². The van der Waals surface area contributed by atoms with E-state index in [4.69, 9.17) is 16.3 Å². The lowest BCUT2D eigenvalue weighted by Gasteiger charge is -2.37. The van der Waals surface area contributed by atoms with Crippen LogP contribution in [0.15, 0.2) is 30.9 Å². The molecule has 1 aromatic rings. The van der Waals surface area contributed by atoms with Crippen molar-refractivity contribution in [2.75, 3.05) is 24.6 Å². The lowest BCUT2D eigenvalue weighted by Crippen LogP contribution is -2.57. The van der Waals surface area contributed by atoms with Crippen LogP contribution < -0.4 is 4.90 Å². The molecule has 6 atom stereocenters. The van der Waals surface area contributed by atoms with E-state index in [1.54, 1.807) is 18.2 Å². The van der Waals surface area contributed by atoms with E-state index in [9.17, 15) is 24.6 Å². The highest BCUT2D eigenvalue weighted by Crippen LogP contribution is 2.60. The van der Waals surface area contributed by atoms with Gasteiger partial charge >= 0.3 is 5.97 Å². The van der Waals surface area contributed by atoms with Gasteiger partial charge in [-0.05, 0) is 25.0 Å². The second-order valence-corrected chi connectivity index (χ2v) is 9.98. The van der Waals surface area contributed by atoms with Crippen LogP contribution in [-0.2, 0) is 19.1 Å². The first kappa shape index (κ1) is 23.2. The van der Waals surface area contributed by atoms with Crippen molar-refractivity contribution in [1.82, 2.24) is 4.90 Å². The van der Waals surface area contributed by atoms with Crippen molar-refractivity contribution >= 4 is 51.0 Å². The van der Waals surface area contributed by atoms with Crippen molar-refractivity contribution in [3.8, 4) is 0 Å². The van der Waals surface area contributed by atoms with Gasteiger partial charge in [-0.25, -0.2) is 0 Å². The maximum absolute atomic E-state index is 14.1. The van der Waals surface area contributed by atoms with E-state index in [0.29, 0.717) is 17.1 Å². The van der Waals surface area contributed by atoms with Crippen molar-refractivity contribution in [1.29, 1.82) is 0 Å². The maximum atomic E-state index is 14.1. The summed E-state index contributed by atoms with van der Waals surface area (Å²) in [5.74, 6) is -4.15. The summed E-state index contributed by atoms with van der Waals surface area (Å²) < 4.78 is 6.20. The van der Waals surface area contributed by atoms with Crippen LogP contribution >= 0.6 is 27.5 Å². The Hall–Kier alpha value is -1.94. The van der Waals surface area contributed by atoms with Crippen molar-refractivity contribution in [3.63, 3.8) is 0 Å². The Morgan fingerprint density at radius 3 is 2.78 bits per heavy atom. The molecule has 172 valence electrons. The molecule has 8 nitrogen and oxygen atoms in total. The van der Waals surface area contributed by atoms with E-state index in [2.05, 4.69) is 22.5 Å². The number of benzene rings is 1. The molecule has 0 aromatic heterocycles. The third-order valence-electron chi connectivity index (χ3n) is 6.69. The molecular formula is C22H24BrClN2O6. The minimum Gasteiger partial charge on any atom is -0.481 e. The molecule has 2 N–H and O–H groups in total. The number of hydrogen-bond donors (Lipinski definition) is 2. The van der Waals surface area contributed by atoms with Gasteiger partial charge in [-0.15, -0.1) is 6.58 Å². The minimum absolute atomic E-state index is 0.107. The molecule has 2 amide bonds. The maximum Gasteiger partial charge on any atom is 0.310 e. The molecule has 1 aromatic carbocycles. The third kappa shape index (κ3) is 3.21. The number of amides is 2. The zero-order chi connectivity index (χ0) is 23.4.